The van der Waals surface area contributed by atoms with Gasteiger partial charge in [-0.2, -0.15) is 0 Å². The zero-order valence-corrected chi connectivity index (χ0v) is 8.55. The second-order valence-corrected chi connectivity index (χ2v) is 3.74. The molecule has 1 aromatic carbocycles. The van der Waals surface area contributed by atoms with E-state index in [1.165, 1.54) is 0 Å². The molecule has 0 aliphatic carbocycles. The molecule has 2 nitrogen and oxygen atoms in total. The minimum Gasteiger partial charge on any atom is -0.508 e. The summed E-state index contributed by atoms with van der Waals surface area (Å²) in [7, 11) is 0. The highest BCUT2D eigenvalue weighted by Gasteiger charge is 2.12. The van der Waals surface area contributed by atoms with Crippen LogP contribution >= 0.6 is 0 Å². The van der Waals surface area contributed by atoms with Crippen LogP contribution in [-0.4, -0.2) is 10.2 Å². The van der Waals surface area contributed by atoms with Crippen LogP contribution in [0.2, 0.25) is 0 Å². The molecule has 0 heterocycles. The van der Waals surface area contributed by atoms with E-state index >= 15 is 0 Å². The maximum Gasteiger partial charge on any atom is 0.125 e. The molecule has 0 aliphatic rings. The molecule has 1 aromatic rings. The molecule has 2 heteroatoms. The van der Waals surface area contributed by atoms with E-state index in [1.54, 1.807) is 13.0 Å². The summed E-state index contributed by atoms with van der Waals surface area (Å²) in [6.45, 7) is 7.66. The minimum absolute atomic E-state index is 0.173. The van der Waals surface area contributed by atoms with Crippen molar-refractivity contribution in [2.45, 2.75) is 33.6 Å². The molecular formula is C11H16O2. The number of rotatable bonds is 1. The quantitative estimate of drug-likeness (QED) is 0.697. The van der Waals surface area contributed by atoms with Crippen LogP contribution in [-0.2, 0) is 0 Å². The summed E-state index contributed by atoms with van der Waals surface area (Å²) in [5.74, 6) is 0.702. The molecule has 0 aliphatic heterocycles. The summed E-state index contributed by atoms with van der Waals surface area (Å²) in [4.78, 5) is 0. The molecule has 0 fully saturated rings. The molecule has 1 rings (SSSR count). The molecule has 0 atom stereocenters. The zero-order valence-electron chi connectivity index (χ0n) is 8.55. The van der Waals surface area contributed by atoms with Crippen LogP contribution in [0, 0.1) is 13.8 Å². The molecule has 0 spiro atoms. The second-order valence-electron chi connectivity index (χ2n) is 3.74. The van der Waals surface area contributed by atoms with Gasteiger partial charge in [0.15, 0.2) is 0 Å². The molecular weight excluding hydrogens is 164 g/mol. The van der Waals surface area contributed by atoms with Gasteiger partial charge in [0, 0.05) is 5.56 Å². The molecule has 0 amide bonds. The van der Waals surface area contributed by atoms with Gasteiger partial charge < -0.3 is 10.2 Å². The van der Waals surface area contributed by atoms with Crippen molar-refractivity contribution in [1.29, 1.82) is 0 Å². The normalized spacial score (nSPS) is 10.8. The van der Waals surface area contributed by atoms with Crippen LogP contribution in [0.25, 0.3) is 0 Å². The molecule has 0 radical (unpaired) electrons. The lowest BCUT2D eigenvalue weighted by atomic mass is 9.95. The van der Waals surface area contributed by atoms with Crippen LogP contribution in [0.3, 0.4) is 0 Å². The fourth-order valence-electron chi connectivity index (χ4n) is 1.50. The van der Waals surface area contributed by atoms with Crippen LogP contribution in [0.1, 0.15) is 36.5 Å². The molecule has 0 bridgehead atoms. The van der Waals surface area contributed by atoms with Gasteiger partial charge >= 0.3 is 0 Å². The van der Waals surface area contributed by atoms with Gasteiger partial charge in [-0.25, -0.2) is 0 Å². The van der Waals surface area contributed by atoms with Crippen molar-refractivity contribution < 1.29 is 10.2 Å². The fraction of sp³-hybridized carbons (Fsp3) is 0.455. The van der Waals surface area contributed by atoms with Gasteiger partial charge in [-0.1, -0.05) is 13.8 Å². The predicted molar refractivity (Wildman–Crippen MR) is 53.3 cm³/mol. The fourth-order valence-corrected chi connectivity index (χ4v) is 1.50. The Hall–Kier alpha value is -1.18. The smallest absolute Gasteiger partial charge is 0.125 e. The Morgan fingerprint density at radius 2 is 1.62 bits per heavy atom. The highest BCUT2D eigenvalue weighted by Crippen LogP contribution is 2.35. The third-order valence-electron chi connectivity index (χ3n) is 2.44. The first kappa shape index (κ1) is 9.90. The first-order valence-electron chi connectivity index (χ1n) is 4.47. The van der Waals surface area contributed by atoms with E-state index in [9.17, 15) is 10.2 Å². The van der Waals surface area contributed by atoms with E-state index in [0.717, 1.165) is 11.1 Å². The lowest BCUT2D eigenvalue weighted by molar-refractivity contribution is 0.438. The van der Waals surface area contributed by atoms with Crippen molar-refractivity contribution >= 4 is 0 Å². The summed E-state index contributed by atoms with van der Waals surface area (Å²) in [5.41, 5.74) is 2.42. The average molecular weight is 180 g/mol. The Balaban J connectivity index is 3.41. The van der Waals surface area contributed by atoms with Crippen LogP contribution < -0.4 is 0 Å². The number of phenols is 2. The molecule has 13 heavy (non-hydrogen) atoms. The first-order valence-corrected chi connectivity index (χ1v) is 4.47. The van der Waals surface area contributed by atoms with Crippen LogP contribution in [0.15, 0.2) is 6.07 Å². The number of hydrogen-bond donors (Lipinski definition) is 2. The van der Waals surface area contributed by atoms with E-state index < -0.39 is 0 Å². The molecule has 0 unspecified atom stereocenters. The maximum absolute atomic E-state index is 9.66. The van der Waals surface area contributed by atoms with Gasteiger partial charge in [0.25, 0.3) is 0 Å². The lowest BCUT2D eigenvalue weighted by Gasteiger charge is -2.14. The maximum atomic E-state index is 9.66. The van der Waals surface area contributed by atoms with E-state index in [0.29, 0.717) is 11.5 Å². The summed E-state index contributed by atoms with van der Waals surface area (Å²) in [6.07, 6.45) is 0. The molecule has 72 valence electrons. The minimum atomic E-state index is 0.173. The van der Waals surface area contributed by atoms with Gasteiger partial charge in [0.05, 0.1) is 0 Å². The van der Waals surface area contributed by atoms with Gasteiger partial charge in [0.2, 0.25) is 0 Å². The summed E-state index contributed by atoms with van der Waals surface area (Å²) in [5, 5.41) is 19.2. The predicted octanol–water partition coefficient (Wildman–Crippen LogP) is 2.84. The third kappa shape index (κ3) is 1.62. The number of phenolic OH excluding ortho intramolecular Hbond substituents is 2. The zero-order chi connectivity index (χ0) is 10.2. The Morgan fingerprint density at radius 1 is 1.08 bits per heavy atom. The SMILES string of the molecule is Cc1c(O)cc(C(C)C)c(C)c1O. The topological polar surface area (TPSA) is 40.5 Å². The number of hydrogen-bond acceptors (Lipinski definition) is 2. The van der Waals surface area contributed by atoms with E-state index in [1.807, 2.05) is 20.8 Å². The third-order valence-corrected chi connectivity index (χ3v) is 2.44. The van der Waals surface area contributed by atoms with Crippen molar-refractivity contribution in [2.24, 2.45) is 0 Å². The van der Waals surface area contributed by atoms with E-state index in [-0.39, 0.29) is 11.5 Å². The monoisotopic (exact) mass is 180 g/mol. The molecule has 0 saturated carbocycles. The standard InChI is InChI=1S/C11H16O2/c1-6(2)9-5-10(12)8(4)11(13)7(9)3/h5-6,12-13H,1-4H3. The van der Waals surface area contributed by atoms with Crippen molar-refractivity contribution in [2.75, 3.05) is 0 Å². The van der Waals surface area contributed by atoms with Crippen molar-refractivity contribution in [3.05, 3.63) is 22.8 Å². The summed E-state index contributed by atoms with van der Waals surface area (Å²) >= 11 is 0. The summed E-state index contributed by atoms with van der Waals surface area (Å²) < 4.78 is 0. The Bertz CT molecular complexity index is 327. The first-order chi connectivity index (χ1) is 5.95. The lowest BCUT2D eigenvalue weighted by Crippen LogP contribution is -1.94. The summed E-state index contributed by atoms with van der Waals surface area (Å²) in [6, 6.07) is 1.73. The van der Waals surface area contributed by atoms with Gasteiger partial charge in [-0.15, -0.1) is 0 Å². The largest absolute Gasteiger partial charge is 0.508 e. The van der Waals surface area contributed by atoms with Gasteiger partial charge in [-0.3, -0.25) is 0 Å². The van der Waals surface area contributed by atoms with Gasteiger partial charge in [-0.05, 0) is 37.0 Å². The Labute approximate surface area is 78.8 Å². The highest BCUT2D eigenvalue weighted by molar-refractivity contribution is 5.52. The van der Waals surface area contributed by atoms with Crippen LogP contribution in [0.5, 0.6) is 11.5 Å². The van der Waals surface area contributed by atoms with E-state index in [4.69, 9.17) is 0 Å². The van der Waals surface area contributed by atoms with Crippen molar-refractivity contribution in [3.63, 3.8) is 0 Å². The molecule has 2 N–H and O–H groups in total. The van der Waals surface area contributed by atoms with Crippen LogP contribution in [0.4, 0.5) is 0 Å². The number of benzene rings is 1. The van der Waals surface area contributed by atoms with Crippen molar-refractivity contribution in [3.8, 4) is 11.5 Å². The Kier molecular flexibility index (Phi) is 2.50. The number of aromatic hydroxyl groups is 2. The van der Waals surface area contributed by atoms with Crippen molar-refractivity contribution in [1.82, 2.24) is 0 Å². The highest BCUT2D eigenvalue weighted by atomic mass is 16.3. The Morgan fingerprint density at radius 3 is 2.08 bits per heavy atom. The average Bonchev–Trinajstić information content (AvgIpc) is 2.07. The van der Waals surface area contributed by atoms with E-state index in [2.05, 4.69) is 0 Å². The second kappa shape index (κ2) is 3.29. The molecule has 0 aromatic heterocycles. The molecule has 0 saturated heterocycles. The van der Waals surface area contributed by atoms with Gasteiger partial charge in [0.1, 0.15) is 11.5 Å².